The summed E-state index contributed by atoms with van der Waals surface area (Å²) in [6.07, 6.45) is 9.43. The second-order valence-corrected chi connectivity index (χ2v) is 12.2. The van der Waals surface area contributed by atoms with Gasteiger partial charge >= 0.3 is 0 Å². The Bertz CT molecular complexity index is 1170. The van der Waals surface area contributed by atoms with Gasteiger partial charge in [0.15, 0.2) is 0 Å². The summed E-state index contributed by atoms with van der Waals surface area (Å²) in [5, 5.41) is 10.1. The van der Waals surface area contributed by atoms with Crippen molar-refractivity contribution in [3.05, 3.63) is 81.9 Å². The van der Waals surface area contributed by atoms with Crippen molar-refractivity contribution < 1.29 is 9.84 Å². The van der Waals surface area contributed by atoms with Gasteiger partial charge in [0.05, 0.1) is 18.8 Å². The molecule has 2 aromatic carbocycles. The van der Waals surface area contributed by atoms with Crippen LogP contribution < -0.4 is 4.90 Å². The molecule has 1 fully saturated rings. The quantitative estimate of drug-likeness (QED) is 0.177. The summed E-state index contributed by atoms with van der Waals surface area (Å²) in [6.45, 7) is 12.1. The van der Waals surface area contributed by atoms with Gasteiger partial charge in [0.2, 0.25) is 0 Å². The van der Waals surface area contributed by atoms with Crippen LogP contribution in [0.4, 0.5) is 5.69 Å². The van der Waals surface area contributed by atoms with Crippen LogP contribution in [0, 0.1) is 5.92 Å². The maximum absolute atomic E-state index is 10.1. The highest BCUT2D eigenvalue weighted by molar-refractivity contribution is 5.82. The van der Waals surface area contributed by atoms with E-state index in [2.05, 4.69) is 74.2 Å². The topological polar surface area (TPSA) is 36.0 Å². The van der Waals surface area contributed by atoms with E-state index in [4.69, 9.17) is 4.74 Å². The number of aliphatic hydroxyl groups excluding tert-OH is 1. The maximum Gasteiger partial charge on any atom is 0.0850 e. The van der Waals surface area contributed by atoms with Gasteiger partial charge in [-0.25, -0.2) is 0 Å². The molecule has 0 amide bonds. The third kappa shape index (κ3) is 6.26. The van der Waals surface area contributed by atoms with Crippen molar-refractivity contribution >= 4 is 11.3 Å². The van der Waals surface area contributed by atoms with Crippen molar-refractivity contribution in [3.63, 3.8) is 0 Å². The molecule has 204 valence electrons. The van der Waals surface area contributed by atoms with E-state index in [9.17, 15) is 5.11 Å². The Morgan fingerprint density at radius 1 is 0.974 bits per heavy atom. The Morgan fingerprint density at radius 2 is 1.71 bits per heavy atom. The van der Waals surface area contributed by atoms with Gasteiger partial charge in [-0.2, -0.15) is 0 Å². The molecule has 2 heterocycles. The maximum atomic E-state index is 10.1. The molecule has 2 aromatic rings. The number of rotatable bonds is 12. The number of anilines is 1. The minimum atomic E-state index is -0.272. The van der Waals surface area contributed by atoms with Crippen LogP contribution in [0.5, 0.6) is 0 Å². The number of epoxide rings is 1. The standard InChI is InChI=1S/C35H47NO2/c1-24(35-27(4)29(19-26(3)37)20-28-14-8-9-15-31(28)35)13-7-5-6-12-18-36-22-25(2)33(21-30-23-38-30)32-16-10-11-17-34(32)36/h8-11,14-17,24,26,30,35,37H,5-7,12-13,18-23H2,1-4H3. The molecule has 3 heteroatoms. The molecule has 0 bridgehead atoms. The van der Waals surface area contributed by atoms with E-state index in [1.165, 1.54) is 76.8 Å². The molecular weight excluding hydrogens is 466 g/mol. The first-order chi connectivity index (χ1) is 18.4. The zero-order chi connectivity index (χ0) is 26.6. The molecule has 0 aromatic heterocycles. The number of aliphatic hydroxyl groups is 1. The number of para-hydroxylation sites is 1. The van der Waals surface area contributed by atoms with E-state index >= 15 is 0 Å². The molecule has 0 spiro atoms. The summed E-state index contributed by atoms with van der Waals surface area (Å²) in [6, 6.07) is 18.0. The van der Waals surface area contributed by atoms with Crippen molar-refractivity contribution in [2.45, 2.75) is 97.2 Å². The highest BCUT2D eigenvalue weighted by Crippen LogP contribution is 2.43. The van der Waals surface area contributed by atoms with Gasteiger partial charge < -0.3 is 14.7 Å². The van der Waals surface area contributed by atoms with Crippen LogP contribution in [0.2, 0.25) is 0 Å². The Balaban J connectivity index is 1.12. The lowest BCUT2D eigenvalue weighted by molar-refractivity contribution is 0.193. The predicted octanol–water partition coefficient (Wildman–Crippen LogP) is 8.08. The lowest BCUT2D eigenvalue weighted by atomic mass is 9.71. The molecule has 1 saturated heterocycles. The monoisotopic (exact) mass is 513 g/mol. The molecule has 1 N–H and O–H groups in total. The van der Waals surface area contributed by atoms with E-state index in [1.54, 1.807) is 0 Å². The first-order valence-electron chi connectivity index (χ1n) is 15.0. The summed E-state index contributed by atoms with van der Waals surface area (Å²) in [5.74, 6) is 1.11. The van der Waals surface area contributed by atoms with Crippen molar-refractivity contribution in [2.24, 2.45) is 5.92 Å². The van der Waals surface area contributed by atoms with Gasteiger partial charge in [0, 0.05) is 36.7 Å². The van der Waals surface area contributed by atoms with E-state index in [1.807, 2.05) is 6.92 Å². The fourth-order valence-corrected chi connectivity index (χ4v) is 7.03. The van der Waals surface area contributed by atoms with E-state index < -0.39 is 0 Å². The minimum Gasteiger partial charge on any atom is -0.393 e. The Kier molecular flexibility index (Phi) is 8.75. The number of ether oxygens (including phenoxy) is 1. The van der Waals surface area contributed by atoms with Gasteiger partial charge in [-0.05, 0) is 75.1 Å². The molecule has 5 rings (SSSR count). The van der Waals surface area contributed by atoms with Crippen molar-refractivity contribution in [1.82, 2.24) is 0 Å². The summed E-state index contributed by atoms with van der Waals surface area (Å²) in [7, 11) is 0. The second-order valence-electron chi connectivity index (χ2n) is 12.2. The molecular formula is C35H47NO2. The summed E-state index contributed by atoms with van der Waals surface area (Å²) >= 11 is 0. The molecule has 0 saturated carbocycles. The fraction of sp³-hybridized carbons (Fsp3) is 0.543. The van der Waals surface area contributed by atoms with Gasteiger partial charge in [0.25, 0.3) is 0 Å². The van der Waals surface area contributed by atoms with Crippen LogP contribution >= 0.6 is 0 Å². The minimum absolute atomic E-state index is 0.272. The molecule has 1 aliphatic carbocycles. The lowest BCUT2D eigenvalue weighted by Gasteiger charge is -2.34. The van der Waals surface area contributed by atoms with Gasteiger partial charge in [-0.1, -0.05) is 85.4 Å². The Hall–Kier alpha value is -2.36. The van der Waals surface area contributed by atoms with Crippen molar-refractivity contribution in [1.29, 1.82) is 0 Å². The van der Waals surface area contributed by atoms with E-state index in [0.717, 1.165) is 39.0 Å². The summed E-state index contributed by atoms with van der Waals surface area (Å²) in [5.41, 5.74) is 11.8. The summed E-state index contributed by atoms with van der Waals surface area (Å²) in [4.78, 5) is 2.60. The summed E-state index contributed by atoms with van der Waals surface area (Å²) < 4.78 is 5.54. The number of fused-ring (bicyclic) bond motifs is 2. The Morgan fingerprint density at radius 3 is 2.50 bits per heavy atom. The lowest BCUT2D eigenvalue weighted by Crippen LogP contribution is -2.30. The van der Waals surface area contributed by atoms with E-state index in [0.29, 0.717) is 17.9 Å². The largest absolute Gasteiger partial charge is 0.393 e. The highest BCUT2D eigenvalue weighted by Gasteiger charge is 2.30. The molecule has 3 aliphatic rings. The first kappa shape index (κ1) is 27.2. The molecule has 4 unspecified atom stereocenters. The van der Waals surface area contributed by atoms with Gasteiger partial charge in [-0.3, -0.25) is 0 Å². The third-order valence-corrected chi connectivity index (χ3v) is 9.11. The van der Waals surface area contributed by atoms with Crippen LogP contribution in [-0.2, 0) is 11.2 Å². The number of hydrogen-bond donors (Lipinski definition) is 1. The second kappa shape index (κ2) is 12.2. The highest BCUT2D eigenvalue weighted by atomic mass is 16.6. The number of unbranched alkanes of at least 4 members (excludes halogenated alkanes) is 3. The van der Waals surface area contributed by atoms with Crippen molar-refractivity contribution in [2.75, 3.05) is 24.6 Å². The van der Waals surface area contributed by atoms with Crippen LogP contribution in [0.15, 0.2) is 65.3 Å². The van der Waals surface area contributed by atoms with Crippen LogP contribution in [-0.4, -0.2) is 37.0 Å². The normalized spacial score (nSPS) is 22.3. The number of allylic oxidation sites excluding steroid dienone is 1. The third-order valence-electron chi connectivity index (χ3n) is 9.11. The average Bonchev–Trinajstić information content (AvgIpc) is 3.72. The average molecular weight is 514 g/mol. The zero-order valence-corrected chi connectivity index (χ0v) is 24.0. The molecule has 38 heavy (non-hydrogen) atoms. The Labute approximate surface area is 230 Å². The molecule has 0 radical (unpaired) electrons. The van der Waals surface area contributed by atoms with Gasteiger partial charge in [0.1, 0.15) is 0 Å². The van der Waals surface area contributed by atoms with Crippen LogP contribution in [0.25, 0.3) is 5.57 Å². The number of nitrogens with zero attached hydrogens (tertiary/aromatic N) is 1. The van der Waals surface area contributed by atoms with Crippen molar-refractivity contribution in [3.8, 4) is 0 Å². The molecule has 2 aliphatic heterocycles. The first-order valence-corrected chi connectivity index (χ1v) is 15.0. The zero-order valence-electron chi connectivity index (χ0n) is 24.0. The predicted molar refractivity (Wildman–Crippen MR) is 160 cm³/mol. The SMILES string of the molecule is CC1=C(CC2CO2)c2ccccc2N(CCCCCCC(C)C2C(C)=C(CC(C)O)Cc3ccccc32)C1. The number of benzene rings is 2. The molecule has 3 nitrogen and oxygen atoms in total. The van der Waals surface area contributed by atoms with Crippen LogP contribution in [0.3, 0.4) is 0 Å². The van der Waals surface area contributed by atoms with Crippen LogP contribution in [0.1, 0.15) is 95.2 Å². The van der Waals surface area contributed by atoms with E-state index in [-0.39, 0.29) is 6.10 Å². The smallest absolute Gasteiger partial charge is 0.0850 e. The fourth-order valence-electron chi connectivity index (χ4n) is 7.03. The van der Waals surface area contributed by atoms with Gasteiger partial charge in [-0.15, -0.1) is 0 Å². The molecule has 4 atom stereocenters. The number of hydrogen-bond acceptors (Lipinski definition) is 3.